The molecule has 1 N–H and O–H groups in total. The van der Waals surface area contributed by atoms with Gasteiger partial charge in [-0.15, -0.1) is 0 Å². The molecular formula is C24H26N2O5S. The molecule has 0 atom stereocenters. The van der Waals surface area contributed by atoms with Crippen LogP contribution in [0.15, 0.2) is 52.4 Å². The molecule has 0 aliphatic carbocycles. The Labute approximate surface area is 191 Å². The van der Waals surface area contributed by atoms with Crippen LogP contribution >= 0.6 is 11.8 Å². The predicted molar refractivity (Wildman–Crippen MR) is 127 cm³/mol. The van der Waals surface area contributed by atoms with E-state index in [1.807, 2.05) is 25.1 Å². The number of carbonyl (C=O) groups excluding carboxylic acids is 1. The number of carboxylic acids is 1. The monoisotopic (exact) mass is 454 g/mol. The third-order valence-corrected chi connectivity index (χ3v) is 5.61. The van der Waals surface area contributed by atoms with Crippen LogP contribution in [-0.2, 0) is 4.79 Å². The van der Waals surface area contributed by atoms with Crippen molar-refractivity contribution in [1.82, 2.24) is 4.90 Å². The molecule has 0 unspecified atom stereocenters. The molecule has 168 valence electrons. The Morgan fingerprint density at radius 3 is 2.50 bits per heavy atom. The van der Waals surface area contributed by atoms with Crippen molar-refractivity contribution in [2.75, 3.05) is 20.3 Å². The topological polar surface area (TPSA) is 88.4 Å². The number of benzene rings is 2. The van der Waals surface area contributed by atoms with Gasteiger partial charge in [0.05, 0.1) is 29.9 Å². The maximum absolute atomic E-state index is 12.9. The Balaban J connectivity index is 1.85. The molecule has 1 amide bonds. The molecule has 1 aliphatic rings. The number of aromatic carboxylic acids is 1. The highest BCUT2D eigenvalue weighted by Crippen LogP contribution is 2.36. The first-order chi connectivity index (χ1) is 15.3. The lowest BCUT2D eigenvalue weighted by Gasteiger charge is -2.13. The summed E-state index contributed by atoms with van der Waals surface area (Å²) in [5.74, 6) is 0.543. The van der Waals surface area contributed by atoms with Crippen LogP contribution in [0.2, 0.25) is 0 Å². The summed E-state index contributed by atoms with van der Waals surface area (Å²) in [5, 5.41) is 9.59. The summed E-state index contributed by atoms with van der Waals surface area (Å²) in [7, 11) is 1.59. The molecule has 0 bridgehead atoms. The van der Waals surface area contributed by atoms with E-state index < -0.39 is 5.97 Å². The van der Waals surface area contributed by atoms with Gasteiger partial charge in [-0.2, -0.15) is 0 Å². The van der Waals surface area contributed by atoms with Crippen molar-refractivity contribution in [2.45, 2.75) is 20.8 Å². The highest BCUT2D eigenvalue weighted by molar-refractivity contribution is 8.18. The van der Waals surface area contributed by atoms with Gasteiger partial charge in [0.15, 0.2) is 16.7 Å². The zero-order valence-electron chi connectivity index (χ0n) is 18.5. The smallest absolute Gasteiger partial charge is 0.335 e. The van der Waals surface area contributed by atoms with Crippen LogP contribution in [0, 0.1) is 5.92 Å². The third kappa shape index (κ3) is 5.50. The quantitative estimate of drug-likeness (QED) is 0.562. The van der Waals surface area contributed by atoms with Crippen LogP contribution < -0.4 is 9.47 Å². The summed E-state index contributed by atoms with van der Waals surface area (Å²) in [6.45, 7) is 7.10. The van der Waals surface area contributed by atoms with Crippen molar-refractivity contribution in [3.8, 4) is 11.5 Å². The zero-order valence-corrected chi connectivity index (χ0v) is 19.3. The summed E-state index contributed by atoms with van der Waals surface area (Å²) in [6, 6.07) is 11.8. The van der Waals surface area contributed by atoms with Gasteiger partial charge in [0, 0.05) is 6.54 Å². The molecule has 2 aromatic carbocycles. The first kappa shape index (κ1) is 23.4. The van der Waals surface area contributed by atoms with E-state index in [0.717, 1.165) is 5.56 Å². The minimum Gasteiger partial charge on any atom is -0.493 e. The second-order valence-corrected chi connectivity index (χ2v) is 8.53. The Morgan fingerprint density at radius 2 is 1.91 bits per heavy atom. The number of carboxylic acid groups (broad SMARTS) is 1. The average molecular weight is 455 g/mol. The van der Waals surface area contributed by atoms with Gasteiger partial charge in [0.2, 0.25) is 0 Å². The van der Waals surface area contributed by atoms with Crippen molar-refractivity contribution in [1.29, 1.82) is 0 Å². The molecule has 7 nitrogen and oxygen atoms in total. The van der Waals surface area contributed by atoms with E-state index in [1.54, 1.807) is 30.2 Å². The Kier molecular flexibility index (Phi) is 7.58. The number of likely N-dealkylation sites (N-methyl/N-ethyl adjacent to an activating group) is 1. The van der Waals surface area contributed by atoms with Gasteiger partial charge in [-0.3, -0.25) is 9.69 Å². The molecule has 32 heavy (non-hydrogen) atoms. The summed E-state index contributed by atoms with van der Waals surface area (Å²) in [5.41, 5.74) is 1.59. The molecule has 0 spiro atoms. The molecule has 0 aromatic heterocycles. The van der Waals surface area contributed by atoms with Gasteiger partial charge in [-0.1, -0.05) is 19.9 Å². The van der Waals surface area contributed by atoms with Gasteiger partial charge in [-0.25, -0.2) is 9.79 Å². The minimum absolute atomic E-state index is 0.127. The fourth-order valence-electron chi connectivity index (χ4n) is 2.96. The average Bonchev–Trinajstić information content (AvgIpc) is 3.06. The molecule has 1 heterocycles. The number of rotatable bonds is 8. The van der Waals surface area contributed by atoms with Gasteiger partial charge in [-0.05, 0) is 72.6 Å². The van der Waals surface area contributed by atoms with Crippen LogP contribution in [0.5, 0.6) is 11.5 Å². The Morgan fingerprint density at radius 1 is 1.19 bits per heavy atom. The van der Waals surface area contributed by atoms with Gasteiger partial charge < -0.3 is 14.6 Å². The molecule has 8 heteroatoms. The maximum Gasteiger partial charge on any atom is 0.335 e. The zero-order chi connectivity index (χ0) is 23.3. The third-order valence-electron chi connectivity index (χ3n) is 4.60. The molecule has 1 saturated heterocycles. The van der Waals surface area contributed by atoms with Crippen molar-refractivity contribution in [3.05, 3.63) is 58.5 Å². The molecule has 0 radical (unpaired) electrons. The van der Waals surface area contributed by atoms with E-state index in [1.165, 1.54) is 23.9 Å². The van der Waals surface area contributed by atoms with Gasteiger partial charge in [0.1, 0.15) is 0 Å². The highest BCUT2D eigenvalue weighted by atomic mass is 32.2. The van der Waals surface area contributed by atoms with E-state index in [9.17, 15) is 9.59 Å². The van der Waals surface area contributed by atoms with Crippen LogP contribution in [0.4, 0.5) is 5.69 Å². The number of aliphatic imine (C=N–C) groups is 1. The number of hydrogen-bond donors (Lipinski definition) is 1. The number of carbonyl (C=O) groups is 2. The van der Waals surface area contributed by atoms with E-state index in [-0.39, 0.29) is 11.5 Å². The van der Waals surface area contributed by atoms with E-state index >= 15 is 0 Å². The number of ether oxygens (including phenoxy) is 2. The minimum atomic E-state index is -0.994. The molecule has 2 aromatic rings. The number of amidine groups is 1. The van der Waals surface area contributed by atoms with Crippen molar-refractivity contribution in [3.63, 3.8) is 0 Å². The summed E-state index contributed by atoms with van der Waals surface area (Å²) < 4.78 is 11.3. The van der Waals surface area contributed by atoms with Crippen LogP contribution in [0.25, 0.3) is 6.08 Å². The molecule has 1 aliphatic heterocycles. The number of thioether (sulfide) groups is 1. The number of amides is 1. The normalized spacial score (nSPS) is 16.3. The van der Waals surface area contributed by atoms with E-state index in [2.05, 4.69) is 18.8 Å². The lowest BCUT2D eigenvalue weighted by Crippen LogP contribution is -2.28. The van der Waals surface area contributed by atoms with Crippen molar-refractivity contribution < 1.29 is 24.2 Å². The molecule has 0 saturated carbocycles. The van der Waals surface area contributed by atoms with Gasteiger partial charge >= 0.3 is 5.97 Å². The number of nitrogens with zero attached hydrogens (tertiary/aromatic N) is 2. The fourth-order valence-corrected chi connectivity index (χ4v) is 4.02. The Hall–Kier alpha value is -3.26. The first-order valence-electron chi connectivity index (χ1n) is 10.3. The molecular weight excluding hydrogens is 428 g/mol. The maximum atomic E-state index is 12.9. The standard InChI is InChI=1S/C24H26N2O5S/c1-5-26-22(27)21(32-24(26)25-18-9-7-17(8-10-18)23(28)29)13-16-6-11-19(20(12-16)30-4)31-14-15(2)3/h6-13,15H,5,14H2,1-4H3,(H,28,29)/b21-13+,25-24?. The van der Waals surface area contributed by atoms with Crippen LogP contribution in [0.1, 0.15) is 36.7 Å². The van der Waals surface area contributed by atoms with Crippen molar-refractivity contribution in [2.24, 2.45) is 10.9 Å². The van der Waals surface area contributed by atoms with E-state index in [4.69, 9.17) is 14.6 Å². The number of methoxy groups -OCH3 is 1. The lowest BCUT2D eigenvalue weighted by molar-refractivity contribution is -0.122. The highest BCUT2D eigenvalue weighted by Gasteiger charge is 2.32. The summed E-state index contributed by atoms with van der Waals surface area (Å²) >= 11 is 1.28. The molecule has 3 rings (SSSR count). The van der Waals surface area contributed by atoms with E-state index in [0.29, 0.717) is 46.3 Å². The summed E-state index contributed by atoms with van der Waals surface area (Å²) in [4.78, 5) is 30.6. The molecule has 1 fully saturated rings. The Bertz CT molecular complexity index is 1060. The largest absolute Gasteiger partial charge is 0.493 e. The van der Waals surface area contributed by atoms with Gasteiger partial charge in [0.25, 0.3) is 5.91 Å². The first-order valence-corrected chi connectivity index (χ1v) is 11.1. The fraction of sp³-hybridized carbons (Fsp3) is 0.292. The number of hydrogen-bond acceptors (Lipinski definition) is 6. The van der Waals surface area contributed by atoms with Crippen molar-refractivity contribution >= 4 is 40.6 Å². The van der Waals surface area contributed by atoms with Crippen LogP contribution in [-0.4, -0.2) is 47.3 Å². The van der Waals surface area contributed by atoms with Crippen LogP contribution in [0.3, 0.4) is 0 Å². The lowest BCUT2D eigenvalue weighted by atomic mass is 10.1. The summed E-state index contributed by atoms with van der Waals surface area (Å²) in [6.07, 6.45) is 1.81. The SMILES string of the molecule is CCN1C(=O)/C(=C\c2ccc(OCC(C)C)c(OC)c2)SC1=Nc1ccc(C(=O)O)cc1. The predicted octanol–water partition coefficient (Wildman–Crippen LogP) is 5.05. The second-order valence-electron chi connectivity index (χ2n) is 7.52. The second kappa shape index (κ2) is 10.4.